The lowest BCUT2D eigenvalue weighted by Gasteiger charge is -2.25. The molecule has 0 aliphatic carbocycles. The van der Waals surface area contributed by atoms with Crippen LogP contribution in [0.2, 0.25) is 0 Å². The Hall–Kier alpha value is -1.52. The molecule has 1 aromatic heterocycles. The SMILES string of the molecule is CC(CN)C(=O)N(C)C(C)c1cc2ccccc2o1.Cl. The highest BCUT2D eigenvalue weighted by Crippen LogP contribution is 2.27. The molecule has 5 heteroatoms. The first-order chi connectivity index (χ1) is 9.04. The van der Waals surface area contributed by atoms with Crippen LogP contribution in [0.1, 0.15) is 25.6 Å². The molecule has 2 aromatic rings. The monoisotopic (exact) mass is 296 g/mol. The maximum atomic E-state index is 12.1. The molecule has 2 unspecified atom stereocenters. The Balaban J connectivity index is 0.00000200. The summed E-state index contributed by atoms with van der Waals surface area (Å²) in [6.45, 7) is 4.15. The van der Waals surface area contributed by atoms with Crippen LogP contribution in [-0.4, -0.2) is 24.4 Å². The smallest absolute Gasteiger partial charge is 0.227 e. The number of fused-ring (bicyclic) bond motifs is 1. The van der Waals surface area contributed by atoms with Crippen molar-refractivity contribution in [3.8, 4) is 0 Å². The normalized spacial score (nSPS) is 13.6. The zero-order valence-corrected chi connectivity index (χ0v) is 12.8. The van der Waals surface area contributed by atoms with Gasteiger partial charge in [0.1, 0.15) is 11.3 Å². The molecule has 1 aromatic carbocycles. The molecule has 2 N–H and O–H groups in total. The molecule has 0 radical (unpaired) electrons. The van der Waals surface area contributed by atoms with Crippen LogP contribution in [0.3, 0.4) is 0 Å². The van der Waals surface area contributed by atoms with Gasteiger partial charge in [-0.1, -0.05) is 25.1 Å². The molecule has 0 saturated heterocycles. The van der Waals surface area contributed by atoms with Crippen LogP contribution in [0.4, 0.5) is 0 Å². The van der Waals surface area contributed by atoms with Crippen LogP contribution in [0, 0.1) is 5.92 Å². The highest BCUT2D eigenvalue weighted by Gasteiger charge is 2.23. The predicted octanol–water partition coefficient (Wildman–Crippen LogP) is 2.97. The minimum Gasteiger partial charge on any atom is -0.459 e. The zero-order valence-electron chi connectivity index (χ0n) is 12.0. The molecule has 0 saturated carbocycles. The van der Waals surface area contributed by atoms with Gasteiger partial charge in [-0.05, 0) is 19.1 Å². The summed E-state index contributed by atoms with van der Waals surface area (Å²) in [4.78, 5) is 13.8. The first-order valence-electron chi connectivity index (χ1n) is 6.49. The van der Waals surface area contributed by atoms with Gasteiger partial charge in [0.15, 0.2) is 0 Å². The summed E-state index contributed by atoms with van der Waals surface area (Å²) in [7, 11) is 1.78. The Kier molecular flexibility index (Phi) is 5.60. The van der Waals surface area contributed by atoms with Gasteiger partial charge in [-0.2, -0.15) is 0 Å². The summed E-state index contributed by atoms with van der Waals surface area (Å²) in [5.41, 5.74) is 6.38. The predicted molar refractivity (Wildman–Crippen MR) is 82.9 cm³/mol. The second-order valence-electron chi connectivity index (χ2n) is 4.95. The van der Waals surface area contributed by atoms with Crippen LogP contribution in [0.15, 0.2) is 34.7 Å². The number of benzene rings is 1. The number of rotatable bonds is 4. The average Bonchev–Trinajstić information content (AvgIpc) is 2.87. The molecular weight excluding hydrogens is 276 g/mol. The van der Waals surface area contributed by atoms with Crippen molar-refractivity contribution in [3.05, 3.63) is 36.1 Å². The van der Waals surface area contributed by atoms with E-state index in [0.717, 1.165) is 16.7 Å². The van der Waals surface area contributed by atoms with Crippen molar-refractivity contribution in [2.75, 3.05) is 13.6 Å². The van der Waals surface area contributed by atoms with Gasteiger partial charge in [-0.25, -0.2) is 0 Å². The van der Waals surface area contributed by atoms with Crippen molar-refractivity contribution in [2.45, 2.75) is 19.9 Å². The van der Waals surface area contributed by atoms with Gasteiger partial charge in [-0.15, -0.1) is 12.4 Å². The van der Waals surface area contributed by atoms with Crippen LogP contribution in [0.5, 0.6) is 0 Å². The summed E-state index contributed by atoms with van der Waals surface area (Å²) in [5.74, 6) is 0.661. The molecule has 110 valence electrons. The summed E-state index contributed by atoms with van der Waals surface area (Å²) < 4.78 is 5.79. The van der Waals surface area contributed by atoms with E-state index in [9.17, 15) is 4.79 Å². The molecule has 1 amide bonds. The summed E-state index contributed by atoms with van der Waals surface area (Å²) in [6.07, 6.45) is 0. The van der Waals surface area contributed by atoms with E-state index in [1.165, 1.54) is 0 Å². The summed E-state index contributed by atoms with van der Waals surface area (Å²) >= 11 is 0. The van der Waals surface area contributed by atoms with E-state index >= 15 is 0 Å². The van der Waals surface area contributed by atoms with Crippen molar-refractivity contribution in [2.24, 2.45) is 11.7 Å². The topological polar surface area (TPSA) is 59.5 Å². The molecule has 0 fully saturated rings. The van der Waals surface area contributed by atoms with Crippen molar-refractivity contribution in [3.63, 3.8) is 0 Å². The third-order valence-corrected chi connectivity index (χ3v) is 3.56. The van der Waals surface area contributed by atoms with Crippen molar-refractivity contribution < 1.29 is 9.21 Å². The first-order valence-corrected chi connectivity index (χ1v) is 6.49. The van der Waals surface area contributed by atoms with Crippen molar-refractivity contribution >= 4 is 29.3 Å². The second kappa shape index (κ2) is 6.77. The Bertz CT molecular complexity index is 549. The van der Waals surface area contributed by atoms with Gasteiger partial charge in [0.25, 0.3) is 0 Å². The van der Waals surface area contributed by atoms with Crippen LogP contribution >= 0.6 is 12.4 Å². The molecule has 0 aliphatic rings. The number of nitrogens with zero attached hydrogens (tertiary/aromatic N) is 1. The molecule has 0 bridgehead atoms. The maximum Gasteiger partial charge on any atom is 0.227 e. The Morgan fingerprint density at radius 3 is 2.60 bits per heavy atom. The number of hydrogen-bond acceptors (Lipinski definition) is 3. The average molecular weight is 297 g/mol. The van der Waals surface area contributed by atoms with Gasteiger partial charge >= 0.3 is 0 Å². The van der Waals surface area contributed by atoms with E-state index in [1.54, 1.807) is 11.9 Å². The highest BCUT2D eigenvalue weighted by molar-refractivity contribution is 5.85. The molecule has 0 aliphatic heterocycles. The van der Waals surface area contributed by atoms with E-state index < -0.39 is 0 Å². The van der Waals surface area contributed by atoms with Gasteiger partial charge in [-0.3, -0.25) is 4.79 Å². The minimum absolute atomic E-state index is 0. The van der Waals surface area contributed by atoms with E-state index in [2.05, 4.69) is 0 Å². The second-order valence-corrected chi connectivity index (χ2v) is 4.95. The van der Waals surface area contributed by atoms with Gasteiger partial charge in [0.05, 0.1) is 6.04 Å². The fraction of sp³-hybridized carbons (Fsp3) is 0.400. The fourth-order valence-corrected chi connectivity index (χ4v) is 2.04. The summed E-state index contributed by atoms with van der Waals surface area (Å²) in [5, 5.41) is 1.05. The highest BCUT2D eigenvalue weighted by atomic mass is 35.5. The van der Waals surface area contributed by atoms with Crippen LogP contribution < -0.4 is 5.73 Å². The number of amides is 1. The van der Waals surface area contributed by atoms with E-state index in [0.29, 0.717) is 6.54 Å². The number of furan rings is 1. The lowest BCUT2D eigenvalue weighted by molar-refractivity contribution is -0.135. The molecule has 0 spiro atoms. The van der Waals surface area contributed by atoms with Crippen LogP contribution in [-0.2, 0) is 4.79 Å². The number of nitrogens with two attached hydrogens (primary N) is 1. The Morgan fingerprint density at radius 2 is 2.00 bits per heavy atom. The lowest BCUT2D eigenvalue weighted by Crippen LogP contribution is -2.36. The Labute approximate surface area is 125 Å². The minimum atomic E-state index is -0.170. The third kappa shape index (κ3) is 3.14. The number of para-hydroxylation sites is 1. The lowest BCUT2D eigenvalue weighted by atomic mass is 10.1. The third-order valence-electron chi connectivity index (χ3n) is 3.56. The molecule has 1 heterocycles. The van der Waals surface area contributed by atoms with E-state index in [4.69, 9.17) is 10.2 Å². The van der Waals surface area contributed by atoms with Crippen molar-refractivity contribution in [1.29, 1.82) is 0 Å². The van der Waals surface area contributed by atoms with E-state index in [1.807, 2.05) is 44.2 Å². The molecule has 2 atom stereocenters. The fourth-order valence-electron chi connectivity index (χ4n) is 2.04. The van der Waals surface area contributed by atoms with Gasteiger partial charge in [0, 0.05) is 24.9 Å². The summed E-state index contributed by atoms with van der Waals surface area (Å²) in [6, 6.07) is 9.71. The number of carbonyl (C=O) groups excluding carboxylic acids is 1. The maximum absolute atomic E-state index is 12.1. The molecular formula is C15H21ClN2O2. The first kappa shape index (κ1) is 16.5. The number of hydrogen-bond donors (Lipinski definition) is 1. The molecule has 4 nitrogen and oxygen atoms in total. The van der Waals surface area contributed by atoms with Gasteiger partial charge in [0.2, 0.25) is 5.91 Å². The number of carbonyl (C=O) groups is 1. The standard InChI is InChI=1S/C15H20N2O2.ClH/c1-10(9-16)15(18)17(3)11(2)14-8-12-6-4-5-7-13(12)19-14;/h4-8,10-11H,9,16H2,1-3H3;1H. The Morgan fingerprint density at radius 1 is 1.35 bits per heavy atom. The molecule has 2 rings (SSSR count). The largest absolute Gasteiger partial charge is 0.459 e. The van der Waals surface area contributed by atoms with E-state index in [-0.39, 0.29) is 30.3 Å². The zero-order chi connectivity index (χ0) is 14.0. The van der Waals surface area contributed by atoms with Crippen molar-refractivity contribution in [1.82, 2.24) is 4.90 Å². The van der Waals surface area contributed by atoms with Gasteiger partial charge < -0.3 is 15.1 Å². The van der Waals surface area contributed by atoms with Crippen LogP contribution in [0.25, 0.3) is 11.0 Å². The quantitative estimate of drug-likeness (QED) is 0.943. The molecule has 20 heavy (non-hydrogen) atoms. The number of halogens is 1.